The number of nitrogens with zero attached hydrogens (tertiary/aromatic N) is 1. The van der Waals surface area contributed by atoms with Crippen LogP contribution in [0.2, 0.25) is 0 Å². The molecule has 2 aliphatic rings. The zero-order chi connectivity index (χ0) is 10.8. The normalized spacial score (nSPS) is 27.9. The van der Waals surface area contributed by atoms with Crippen LogP contribution >= 0.6 is 11.8 Å². The van der Waals surface area contributed by atoms with Crippen molar-refractivity contribution in [2.24, 2.45) is 11.8 Å². The summed E-state index contributed by atoms with van der Waals surface area (Å²) < 4.78 is 0. The lowest BCUT2D eigenvalue weighted by Crippen LogP contribution is -2.54. The fourth-order valence-corrected chi connectivity index (χ4v) is 3.30. The van der Waals surface area contributed by atoms with E-state index in [0.29, 0.717) is 17.1 Å². The van der Waals surface area contributed by atoms with Crippen molar-refractivity contribution in [3.8, 4) is 0 Å². The van der Waals surface area contributed by atoms with Gasteiger partial charge in [-0.2, -0.15) is 11.8 Å². The molecule has 4 heteroatoms. The molecule has 2 saturated heterocycles. The molecule has 2 rings (SSSR count). The van der Waals surface area contributed by atoms with Gasteiger partial charge >= 0.3 is 0 Å². The van der Waals surface area contributed by atoms with Gasteiger partial charge in [0.1, 0.15) is 0 Å². The molecule has 3 nitrogen and oxygen atoms in total. The van der Waals surface area contributed by atoms with Crippen LogP contribution in [0.4, 0.5) is 0 Å². The van der Waals surface area contributed by atoms with E-state index in [0.717, 1.165) is 31.9 Å². The number of thioether (sulfide) groups is 1. The highest BCUT2D eigenvalue weighted by atomic mass is 32.2. The molecule has 0 spiro atoms. The Hall–Kier alpha value is -0.220. The van der Waals surface area contributed by atoms with Crippen LogP contribution < -0.4 is 5.32 Å². The van der Waals surface area contributed by atoms with Gasteiger partial charge in [-0.15, -0.1) is 0 Å². The number of hydrogen-bond acceptors (Lipinski definition) is 3. The second-order valence-electron chi connectivity index (χ2n) is 4.79. The monoisotopic (exact) mass is 228 g/mol. The van der Waals surface area contributed by atoms with Crippen LogP contribution in [0.15, 0.2) is 0 Å². The molecular formula is C11H20N2OS. The molecule has 0 aromatic rings. The van der Waals surface area contributed by atoms with Gasteiger partial charge in [-0.1, -0.05) is 13.8 Å². The average molecular weight is 228 g/mol. The van der Waals surface area contributed by atoms with Gasteiger partial charge in [0.05, 0.1) is 5.92 Å². The van der Waals surface area contributed by atoms with Crippen LogP contribution in [0.3, 0.4) is 0 Å². The third kappa shape index (κ3) is 2.48. The van der Waals surface area contributed by atoms with E-state index in [2.05, 4.69) is 24.1 Å². The molecule has 2 fully saturated rings. The first-order chi connectivity index (χ1) is 7.18. The highest BCUT2D eigenvalue weighted by Gasteiger charge is 2.32. The topological polar surface area (TPSA) is 32.3 Å². The Morgan fingerprint density at radius 3 is 2.73 bits per heavy atom. The van der Waals surface area contributed by atoms with Crippen LogP contribution in [0.25, 0.3) is 0 Å². The van der Waals surface area contributed by atoms with Crippen LogP contribution in [0, 0.1) is 11.8 Å². The molecule has 0 aromatic carbocycles. The third-order valence-electron chi connectivity index (χ3n) is 3.28. The molecule has 86 valence electrons. The van der Waals surface area contributed by atoms with Crippen molar-refractivity contribution >= 4 is 17.7 Å². The molecule has 1 N–H and O–H groups in total. The Bertz CT molecular complexity index is 241. The molecule has 15 heavy (non-hydrogen) atoms. The fourth-order valence-electron chi connectivity index (χ4n) is 2.00. The quantitative estimate of drug-likeness (QED) is 0.759. The number of hydrogen-bond donors (Lipinski definition) is 1. The number of rotatable bonds is 2. The zero-order valence-electron chi connectivity index (χ0n) is 9.53. The molecule has 1 amide bonds. The summed E-state index contributed by atoms with van der Waals surface area (Å²) in [5.74, 6) is 2.42. The average Bonchev–Trinajstić information content (AvgIpc) is 2.15. The van der Waals surface area contributed by atoms with Gasteiger partial charge in [0.15, 0.2) is 0 Å². The maximum Gasteiger partial charge on any atom is 0.228 e. The summed E-state index contributed by atoms with van der Waals surface area (Å²) in [6, 6.07) is 0. The Morgan fingerprint density at radius 1 is 1.47 bits per heavy atom. The second kappa shape index (κ2) is 4.74. The van der Waals surface area contributed by atoms with E-state index in [1.54, 1.807) is 0 Å². The largest absolute Gasteiger partial charge is 0.340 e. The summed E-state index contributed by atoms with van der Waals surface area (Å²) in [6.45, 7) is 8.16. The molecule has 0 bridgehead atoms. The summed E-state index contributed by atoms with van der Waals surface area (Å²) in [5.41, 5.74) is 0. The second-order valence-corrected chi connectivity index (χ2v) is 6.14. The van der Waals surface area contributed by atoms with Gasteiger partial charge in [-0.3, -0.25) is 4.79 Å². The molecular weight excluding hydrogens is 208 g/mol. The van der Waals surface area contributed by atoms with E-state index in [-0.39, 0.29) is 5.92 Å². The fraction of sp³-hybridized carbons (Fsp3) is 0.909. The van der Waals surface area contributed by atoms with E-state index in [1.165, 1.54) is 0 Å². The van der Waals surface area contributed by atoms with Crippen LogP contribution in [-0.2, 0) is 4.79 Å². The van der Waals surface area contributed by atoms with E-state index in [4.69, 9.17) is 0 Å². The van der Waals surface area contributed by atoms with Crippen molar-refractivity contribution in [1.29, 1.82) is 0 Å². The van der Waals surface area contributed by atoms with Crippen molar-refractivity contribution in [3.63, 3.8) is 0 Å². The Morgan fingerprint density at radius 2 is 2.20 bits per heavy atom. The first-order valence-electron chi connectivity index (χ1n) is 5.79. The molecule has 0 aliphatic carbocycles. The van der Waals surface area contributed by atoms with E-state index < -0.39 is 0 Å². The summed E-state index contributed by atoms with van der Waals surface area (Å²) >= 11 is 2.02. The van der Waals surface area contributed by atoms with Crippen molar-refractivity contribution in [2.45, 2.75) is 19.1 Å². The van der Waals surface area contributed by atoms with Crippen molar-refractivity contribution in [1.82, 2.24) is 10.2 Å². The predicted octanol–water partition coefficient (Wildman–Crippen LogP) is 0.806. The Kier molecular flexibility index (Phi) is 3.57. The third-order valence-corrected chi connectivity index (χ3v) is 4.82. The highest BCUT2D eigenvalue weighted by molar-refractivity contribution is 8.00. The number of carbonyl (C=O) groups excluding carboxylic acids is 1. The van der Waals surface area contributed by atoms with E-state index in [9.17, 15) is 4.79 Å². The van der Waals surface area contributed by atoms with Gasteiger partial charge < -0.3 is 10.2 Å². The maximum absolute atomic E-state index is 12.0. The van der Waals surface area contributed by atoms with E-state index >= 15 is 0 Å². The SMILES string of the molecule is CC(C)C1CN(C(=O)C2CNC2)CCS1. The van der Waals surface area contributed by atoms with Gasteiger partial charge in [0, 0.05) is 37.2 Å². The molecule has 2 aliphatic heterocycles. The van der Waals surface area contributed by atoms with Crippen molar-refractivity contribution in [3.05, 3.63) is 0 Å². The number of amides is 1. The predicted molar refractivity (Wildman–Crippen MR) is 64.0 cm³/mol. The summed E-state index contributed by atoms with van der Waals surface area (Å²) in [4.78, 5) is 14.1. The van der Waals surface area contributed by atoms with Crippen LogP contribution in [-0.4, -0.2) is 48.0 Å². The summed E-state index contributed by atoms with van der Waals surface area (Å²) in [6.07, 6.45) is 0. The minimum Gasteiger partial charge on any atom is -0.340 e. The van der Waals surface area contributed by atoms with Gasteiger partial charge in [-0.25, -0.2) is 0 Å². The lowest BCUT2D eigenvalue weighted by atomic mass is 10.0. The first-order valence-corrected chi connectivity index (χ1v) is 6.84. The van der Waals surface area contributed by atoms with E-state index in [1.807, 2.05) is 11.8 Å². The molecule has 0 aromatic heterocycles. The maximum atomic E-state index is 12.0. The van der Waals surface area contributed by atoms with Crippen molar-refractivity contribution < 1.29 is 4.79 Å². The minimum absolute atomic E-state index is 0.265. The zero-order valence-corrected chi connectivity index (χ0v) is 10.3. The molecule has 0 radical (unpaired) electrons. The van der Waals surface area contributed by atoms with Crippen LogP contribution in [0.1, 0.15) is 13.8 Å². The molecule has 0 saturated carbocycles. The smallest absolute Gasteiger partial charge is 0.228 e. The lowest BCUT2D eigenvalue weighted by molar-refractivity contribution is -0.137. The minimum atomic E-state index is 0.265. The van der Waals surface area contributed by atoms with Crippen molar-refractivity contribution in [2.75, 3.05) is 31.9 Å². The standard InChI is InChI=1S/C11H20N2OS/c1-8(2)10-7-13(3-4-15-10)11(14)9-5-12-6-9/h8-10,12H,3-7H2,1-2H3. The first kappa shape index (κ1) is 11.3. The molecule has 2 heterocycles. The number of carbonyl (C=O) groups is 1. The Balaban J connectivity index is 1.88. The van der Waals surface area contributed by atoms with Crippen LogP contribution in [0.5, 0.6) is 0 Å². The summed E-state index contributed by atoms with van der Waals surface area (Å²) in [7, 11) is 0. The van der Waals surface area contributed by atoms with Gasteiger partial charge in [-0.05, 0) is 5.92 Å². The molecule has 1 unspecified atom stereocenters. The van der Waals surface area contributed by atoms with Gasteiger partial charge in [0.25, 0.3) is 0 Å². The lowest BCUT2D eigenvalue weighted by Gasteiger charge is -2.38. The summed E-state index contributed by atoms with van der Waals surface area (Å²) in [5, 5.41) is 3.80. The number of nitrogens with one attached hydrogen (secondary N) is 1. The van der Waals surface area contributed by atoms with Gasteiger partial charge in [0.2, 0.25) is 5.91 Å². The molecule has 1 atom stereocenters. The Labute approximate surface area is 96.0 Å². The highest BCUT2D eigenvalue weighted by Crippen LogP contribution is 2.26.